The van der Waals surface area contributed by atoms with Crippen LogP contribution in [0.15, 0.2) is 67.0 Å². The Labute approximate surface area is 312 Å². The summed E-state index contributed by atoms with van der Waals surface area (Å²) >= 11 is 0. The smallest absolute Gasteiger partial charge is 0.307 e. The number of carbonyl (C=O) groups is 3. The molecular weight excluding hydrogens is 693 g/mol. The number of anilines is 1. The number of benzene rings is 2. The molecule has 53 heavy (non-hydrogen) atoms. The molecule has 0 radical (unpaired) electrons. The highest BCUT2D eigenvalue weighted by molar-refractivity contribution is 6.76. The third kappa shape index (κ3) is 12.6. The minimum absolute atomic E-state index is 0.0817. The van der Waals surface area contributed by atoms with Crippen LogP contribution in [-0.4, -0.2) is 79.1 Å². The Kier molecular flexibility index (Phi) is 14.8. The largest absolute Gasteiger partial charge is 0.497 e. The van der Waals surface area contributed by atoms with Gasteiger partial charge in [0, 0.05) is 59.2 Å². The first-order valence-electron chi connectivity index (χ1n) is 17.5. The highest BCUT2D eigenvalue weighted by Crippen LogP contribution is 2.25. The molecule has 2 amide bonds. The van der Waals surface area contributed by atoms with Crippen LogP contribution >= 0.6 is 0 Å². The van der Waals surface area contributed by atoms with Crippen molar-refractivity contribution < 1.29 is 28.6 Å². The first kappa shape index (κ1) is 40.3. The standard InChI is InChI=1S/C38H50N8O6Si/c1-44-34(16-17-41-44)30-10-7-9-29(21-30)33(22-37(49)51-3)43-36(48)24-40-35(47)11-8-18-45(25-28-12-14-32(50-2)15-13-28)38-42-31(23-39)26-46(38)27-52-19-20-53(4,5)6/h7,9-10,12-17,21,26,33H,8,11,18-20,22,24-25,27H2,1-6H3,(H,40,47)(H,43,48)/t33-/m0/s1. The number of esters is 1. The molecule has 0 aliphatic rings. The predicted octanol–water partition coefficient (Wildman–Crippen LogP) is 4.80. The molecule has 0 aliphatic carbocycles. The molecule has 0 saturated carbocycles. The first-order chi connectivity index (χ1) is 25.4. The third-order valence-corrected chi connectivity index (χ3v) is 10.2. The quantitative estimate of drug-likeness (QED) is 0.0730. The number of nitrogens with zero attached hydrogens (tertiary/aromatic N) is 6. The number of nitriles is 1. The van der Waals surface area contributed by atoms with Gasteiger partial charge in [-0.05, 0) is 47.9 Å². The van der Waals surface area contributed by atoms with Crippen molar-refractivity contribution in [2.45, 2.75) is 64.3 Å². The van der Waals surface area contributed by atoms with Crippen LogP contribution in [0.4, 0.5) is 5.95 Å². The van der Waals surface area contributed by atoms with E-state index in [0.717, 1.165) is 28.6 Å². The van der Waals surface area contributed by atoms with Gasteiger partial charge in [-0.1, -0.05) is 50.0 Å². The maximum atomic E-state index is 13.1. The fourth-order valence-electron chi connectivity index (χ4n) is 5.57. The van der Waals surface area contributed by atoms with Gasteiger partial charge >= 0.3 is 5.97 Å². The minimum atomic E-state index is -1.29. The van der Waals surface area contributed by atoms with Crippen LogP contribution in [0.2, 0.25) is 25.7 Å². The van der Waals surface area contributed by atoms with Crippen LogP contribution in [0.5, 0.6) is 5.75 Å². The summed E-state index contributed by atoms with van der Waals surface area (Å²) in [5, 5.41) is 19.5. The van der Waals surface area contributed by atoms with Crippen LogP contribution in [0.3, 0.4) is 0 Å². The van der Waals surface area contributed by atoms with Gasteiger partial charge in [-0.15, -0.1) is 0 Å². The summed E-state index contributed by atoms with van der Waals surface area (Å²) in [6.07, 6.45) is 3.88. The fourth-order valence-corrected chi connectivity index (χ4v) is 6.32. The Morgan fingerprint density at radius 2 is 1.83 bits per heavy atom. The summed E-state index contributed by atoms with van der Waals surface area (Å²) in [6.45, 7) is 8.37. The second kappa shape index (κ2) is 19.4. The molecule has 0 saturated heterocycles. The molecule has 2 N–H and O–H groups in total. The maximum absolute atomic E-state index is 13.1. The molecule has 0 unspecified atom stereocenters. The molecule has 2 aromatic heterocycles. The van der Waals surface area contributed by atoms with E-state index >= 15 is 0 Å². The van der Waals surface area contributed by atoms with Crippen molar-refractivity contribution in [3.05, 3.63) is 83.8 Å². The van der Waals surface area contributed by atoms with Crippen LogP contribution in [0, 0.1) is 11.3 Å². The number of aryl methyl sites for hydroxylation is 1. The van der Waals surface area contributed by atoms with Gasteiger partial charge in [0.05, 0.1) is 38.9 Å². The van der Waals surface area contributed by atoms with Crippen molar-refractivity contribution in [3.63, 3.8) is 0 Å². The number of ether oxygens (including phenoxy) is 3. The summed E-state index contributed by atoms with van der Waals surface area (Å²) in [5.41, 5.74) is 3.73. The number of imidazole rings is 1. The van der Waals surface area contributed by atoms with E-state index in [1.54, 1.807) is 24.2 Å². The normalized spacial score (nSPS) is 11.7. The molecule has 0 aliphatic heterocycles. The topological polar surface area (TPSA) is 166 Å². The molecule has 14 nitrogen and oxygen atoms in total. The minimum Gasteiger partial charge on any atom is -0.497 e. The third-order valence-electron chi connectivity index (χ3n) is 8.53. The van der Waals surface area contributed by atoms with E-state index in [9.17, 15) is 19.6 Å². The molecule has 4 rings (SSSR count). The van der Waals surface area contributed by atoms with Crippen LogP contribution in [0.25, 0.3) is 11.3 Å². The van der Waals surface area contributed by atoms with Crippen molar-refractivity contribution in [2.75, 3.05) is 38.8 Å². The molecule has 2 heterocycles. The van der Waals surface area contributed by atoms with Gasteiger partial charge in [0.15, 0.2) is 5.69 Å². The number of carbonyl (C=O) groups excluding carboxylic acids is 3. The van der Waals surface area contributed by atoms with Gasteiger partial charge in [0.2, 0.25) is 17.8 Å². The number of nitrogens with one attached hydrogen (secondary N) is 2. The summed E-state index contributed by atoms with van der Waals surface area (Å²) < 4.78 is 19.8. The molecule has 0 bridgehead atoms. The second-order valence-electron chi connectivity index (χ2n) is 13.9. The summed E-state index contributed by atoms with van der Waals surface area (Å²) in [4.78, 5) is 44.9. The van der Waals surface area contributed by atoms with Crippen molar-refractivity contribution in [1.82, 2.24) is 30.0 Å². The molecule has 0 fully saturated rings. The zero-order valence-electron chi connectivity index (χ0n) is 31.4. The van der Waals surface area contributed by atoms with E-state index in [0.29, 0.717) is 37.6 Å². The Morgan fingerprint density at radius 1 is 1.06 bits per heavy atom. The van der Waals surface area contributed by atoms with E-state index in [1.165, 1.54) is 7.11 Å². The first-order valence-corrected chi connectivity index (χ1v) is 21.2. The number of aromatic nitrogens is 4. The number of hydrogen-bond donors (Lipinski definition) is 2. The van der Waals surface area contributed by atoms with E-state index in [-0.39, 0.29) is 37.7 Å². The highest BCUT2D eigenvalue weighted by Gasteiger charge is 2.21. The molecular formula is C38H50N8O6Si. The molecule has 1 atom stereocenters. The van der Waals surface area contributed by atoms with Gasteiger partial charge in [-0.2, -0.15) is 10.4 Å². The number of rotatable bonds is 20. The summed E-state index contributed by atoms with van der Waals surface area (Å²) in [7, 11) is 3.46. The van der Waals surface area contributed by atoms with E-state index in [1.807, 2.05) is 71.1 Å². The summed E-state index contributed by atoms with van der Waals surface area (Å²) in [5.74, 6) is 0.0711. The molecule has 0 spiro atoms. The molecule has 15 heteroatoms. The molecule has 2 aromatic carbocycles. The zero-order valence-corrected chi connectivity index (χ0v) is 32.4. The monoisotopic (exact) mass is 742 g/mol. The lowest BCUT2D eigenvalue weighted by Gasteiger charge is -2.25. The molecule has 282 valence electrons. The summed E-state index contributed by atoms with van der Waals surface area (Å²) in [6, 6.07) is 19.5. The maximum Gasteiger partial charge on any atom is 0.307 e. The van der Waals surface area contributed by atoms with Crippen LogP contribution in [-0.2, 0) is 44.2 Å². The average Bonchev–Trinajstić information content (AvgIpc) is 3.77. The Morgan fingerprint density at radius 3 is 2.49 bits per heavy atom. The highest BCUT2D eigenvalue weighted by atomic mass is 28.3. The Balaban J connectivity index is 1.38. The predicted molar refractivity (Wildman–Crippen MR) is 203 cm³/mol. The lowest BCUT2D eigenvalue weighted by molar-refractivity contribution is -0.141. The van der Waals surface area contributed by atoms with Gasteiger partial charge in [0.25, 0.3) is 0 Å². The van der Waals surface area contributed by atoms with Crippen LogP contribution < -0.4 is 20.3 Å². The van der Waals surface area contributed by atoms with Crippen molar-refractivity contribution in [3.8, 4) is 23.1 Å². The number of hydrogen-bond acceptors (Lipinski definition) is 10. The van der Waals surface area contributed by atoms with Crippen molar-refractivity contribution in [1.29, 1.82) is 5.26 Å². The van der Waals surface area contributed by atoms with Gasteiger partial charge in [-0.3, -0.25) is 23.6 Å². The van der Waals surface area contributed by atoms with Crippen molar-refractivity contribution >= 4 is 31.8 Å². The Bertz CT molecular complexity index is 1860. The number of amides is 2. The van der Waals surface area contributed by atoms with E-state index in [2.05, 4.69) is 46.4 Å². The van der Waals surface area contributed by atoms with Crippen molar-refractivity contribution in [2.24, 2.45) is 7.05 Å². The van der Waals surface area contributed by atoms with Crippen LogP contribution in [0.1, 0.15) is 42.1 Å². The van der Waals surface area contributed by atoms with Gasteiger partial charge in [0.1, 0.15) is 18.5 Å². The number of methoxy groups -OCH3 is 2. The average molecular weight is 743 g/mol. The second-order valence-corrected chi connectivity index (χ2v) is 19.5. The van der Waals surface area contributed by atoms with E-state index < -0.39 is 26.0 Å². The van der Waals surface area contributed by atoms with E-state index in [4.69, 9.17) is 14.2 Å². The SMILES string of the molecule is COC(=O)C[C@H](NC(=O)CNC(=O)CCCN(Cc1ccc(OC)cc1)c1nc(C#N)cn1COCC[Si](C)(C)C)c1cccc(-c2ccnn2C)c1. The lowest BCUT2D eigenvalue weighted by atomic mass is 10.00. The van der Waals surface area contributed by atoms with Gasteiger partial charge < -0.3 is 29.7 Å². The lowest BCUT2D eigenvalue weighted by Crippen LogP contribution is -2.39. The fraction of sp³-hybridized carbons (Fsp3) is 0.421. The molecule has 4 aromatic rings. The zero-order chi connectivity index (χ0) is 38.4. The van der Waals surface area contributed by atoms with Gasteiger partial charge in [-0.25, -0.2) is 4.98 Å². The Hall–Kier alpha value is -5.46.